The molecule has 2 aromatic carbocycles. The Kier molecular flexibility index (Phi) is 3.51. The number of carbonyl (C=O) groups is 1. The van der Waals surface area contributed by atoms with Crippen molar-refractivity contribution in [3.05, 3.63) is 78.1 Å². The Morgan fingerprint density at radius 1 is 0.739 bits per heavy atom. The number of rotatable bonds is 2. The average molecular weight is 299 g/mol. The van der Waals surface area contributed by atoms with E-state index in [9.17, 15) is 4.79 Å². The first kappa shape index (κ1) is 13.9. The molecule has 0 radical (unpaired) electrons. The number of fused-ring (bicyclic) bond motifs is 1. The van der Waals surface area contributed by atoms with E-state index in [1.807, 2.05) is 30.5 Å². The quantitative estimate of drug-likeness (QED) is 0.671. The molecule has 0 N–H and O–H groups in total. The standard InChI is InChI=1S/C21H17NO/c23-20-8-4-7-19-21(20)18(13-14-22-19)17-11-9-16(10-12-17)15-5-2-1-3-6-15/h1-3,5-6,9-14H,4,7-8H2. The van der Waals surface area contributed by atoms with Gasteiger partial charge < -0.3 is 0 Å². The van der Waals surface area contributed by atoms with Gasteiger partial charge in [0.05, 0.1) is 5.69 Å². The molecule has 0 saturated carbocycles. The second-order valence-corrected chi connectivity index (χ2v) is 5.90. The van der Waals surface area contributed by atoms with Crippen LogP contribution < -0.4 is 0 Å². The molecule has 112 valence electrons. The molecule has 0 aliphatic heterocycles. The first-order valence-corrected chi connectivity index (χ1v) is 8.00. The van der Waals surface area contributed by atoms with Crippen LogP contribution in [0, 0.1) is 0 Å². The highest BCUT2D eigenvalue weighted by Gasteiger charge is 2.22. The number of benzene rings is 2. The van der Waals surface area contributed by atoms with Crippen LogP contribution in [0.3, 0.4) is 0 Å². The molecule has 1 heterocycles. The molecule has 0 saturated heterocycles. The maximum atomic E-state index is 12.3. The second kappa shape index (κ2) is 5.81. The van der Waals surface area contributed by atoms with Crippen molar-refractivity contribution >= 4 is 5.78 Å². The van der Waals surface area contributed by atoms with Crippen LogP contribution >= 0.6 is 0 Å². The summed E-state index contributed by atoms with van der Waals surface area (Å²) >= 11 is 0. The number of pyridine rings is 1. The van der Waals surface area contributed by atoms with Gasteiger partial charge in [0.1, 0.15) is 0 Å². The SMILES string of the molecule is O=C1CCCc2nccc(-c3ccc(-c4ccccc4)cc3)c21. The summed E-state index contributed by atoms with van der Waals surface area (Å²) in [5, 5.41) is 0. The van der Waals surface area contributed by atoms with E-state index < -0.39 is 0 Å². The van der Waals surface area contributed by atoms with Gasteiger partial charge in [-0.25, -0.2) is 0 Å². The highest BCUT2D eigenvalue weighted by Crippen LogP contribution is 2.31. The van der Waals surface area contributed by atoms with Crippen molar-refractivity contribution < 1.29 is 4.79 Å². The molecule has 2 nitrogen and oxygen atoms in total. The molecule has 1 aliphatic rings. The lowest BCUT2D eigenvalue weighted by molar-refractivity contribution is 0.0972. The van der Waals surface area contributed by atoms with Crippen molar-refractivity contribution in [3.8, 4) is 22.3 Å². The van der Waals surface area contributed by atoms with E-state index >= 15 is 0 Å². The topological polar surface area (TPSA) is 30.0 Å². The Balaban J connectivity index is 1.76. The molecule has 0 fully saturated rings. The van der Waals surface area contributed by atoms with Gasteiger partial charge in [-0.15, -0.1) is 0 Å². The molecule has 0 atom stereocenters. The van der Waals surface area contributed by atoms with Gasteiger partial charge in [-0.2, -0.15) is 0 Å². The Bertz CT molecular complexity index is 851. The zero-order valence-electron chi connectivity index (χ0n) is 12.8. The zero-order valence-corrected chi connectivity index (χ0v) is 12.8. The lowest BCUT2D eigenvalue weighted by Crippen LogP contribution is -2.13. The Hall–Kier alpha value is -2.74. The molecule has 1 aromatic heterocycles. The first-order valence-electron chi connectivity index (χ1n) is 8.00. The summed E-state index contributed by atoms with van der Waals surface area (Å²) in [5.74, 6) is 0.224. The summed E-state index contributed by atoms with van der Waals surface area (Å²) in [5.41, 5.74) is 6.26. The van der Waals surface area contributed by atoms with E-state index in [0.29, 0.717) is 6.42 Å². The van der Waals surface area contributed by atoms with Crippen LogP contribution in [0.4, 0.5) is 0 Å². The van der Waals surface area contributed by atoms with Crippen LogP contribution in [0.2, 0.25) is 0 Å². The molecule has 23 heavy (non-hydrogen) atoms. The van der Waals surface area contributed by atoms with Gasteiger partial charge in [0, 0.05) is 18.2 Å². The van der Waals surface area contributed by atoms with Gasteiger partial charge in [-0.3, -0.25) is 9.78 Å². The largest absolute Gasteiger partial charge is 0.294 e. The maximum absolute atomic E-state index is 12.3. The third kappa shape index (κ3) is 2.57. The van der Waals surface area contributed by atoms with Crippen molar-refractivity contribution in [1.29, 1.82) is 0 Å². The van der Waals surface area contributed by atoms with E-state index in [1.54, 1.807) is 0 Å². The number of nitrogens with zero attached hydrogens (tertiary/aromatic N) is 1. The summed E-state index contributed by atoms with van der Waals surface area (Å²) in [6.45, 7) is 0. The molecular weight excluding hydrogens is 282 g/mol. The fraction of sp³-hybridized carbons (Fsp3) is 0.143. The number of hydrogen-bond acceptors (Lipinski definition) is 2. The Morgan fingerprint density at radius 2 is 1.43 bits per heavy atom. The van der Waals surface area contributed by atoms with Crippen LogP contribution in [0.1, 0.15) is 28.9 Å². The normalized spacial score (nSPS) is 13.7. The fourth-order valence-electron chi connectivity index (χ4n) is 3.26. The lowest BCUT2D eigenvalue weighted by atomic mass is 9.88. The third-order valence-electron chi connectivity index (χ3n) is 4.43. The predicted molar refractivity (Wildman–Crippen MR) is 92.4 cm³/mol. The van der Waals surface area contributed by atoms with Gasteiger partial charge in [-0.05, 0) is 41.2 Å². The van der Waals surface area contributed by atoms with E-state index in [-0.39, 0.29) is 5.78 Å². The fourth-order valence-corrected chi connectivity index (χ4v) is 3.26. The molecular formula is C21H17NO. The van der Waals surface area contributed by atoms with Crippen LogP contribution in [0.15, 0.2) is 66.9 Å². The van der Waals surface area contributed by atoms with E-state index in [1.165, 1.54) is 11.1 Å². The minimum Gasteiger partial charge on any atom is -0.294 e. The number of ketones is 1. The molecule has 0 amide bonds. The van der Waals surface area contributed by atoms with Gasteiger partial charge >= 0.3 is 0 Å². The average Bonchev–Trinajstić information content (AvgIpc) is 2.62. The number of aromatic nitrogens is 1. The molecule has 1 aliphatic carbocycles. The van der Waals surface area contributed by atoms with Gasteiger partial charge in [-0.1, -0.05) is 54.6 Å². The molecule has 2 heteroatoms. The van der Waals surface area contributed by atoms with Crippen molar-refractivity contribution in [2.75, 3.05) is 0 Å². The molecule has 4 rings (SSSR count). The van der Waals surface area contributed by atoms with Crippen molar-refractivity contribution in [2.24, 2.45) is 0 Å². The summed E-state index contributed by atoms with van der Waals surface area (Å²) in [6, 6.07) is 20.7. The summed E-state index contributed by atoms with van der Waals surface area (Å²) in [7, 11) is 0. The highest BCUT2D eigenvalue weighted by molar-refractivity contribution is 6.04. The van der Waals surface area contributed by atoms with Crippen molar-refractivity contribution in [2.45, 2.75) is 19.3 Å². The molecule has 0 unspecified atom stereocenters. The maximum Gasteiger partial charge on any atom is 0.165 e. The van der Waals surface area contributed by atoms with Crippen LogP contribution in [0.25, 0.3) is 22.3 Å². The number of hydrogen-bond donors (Lipinski definition) is 0. The summed E-state index contributed by atoms with van der Waals surface area (Å²) in [6.07, 6.45) is 4.26. The molecule has 0 bridgehead atoms. The first-order chi connectivity index (χ1) is 11.3. The van der Waals surface area contributed by atoms with Crippen LogP contribution in [0.5, 0.6) is 0 Å². The monoisotopic (exact) mass is 299 g/mol. The Labute approximate surface area is 135 Å². The van der Waals surface area contributed by atoms with Gasteiger partial charge in [0.2, 0.25) is 0 Å². The third-order valence-corrected chi connectivity index (χ3v) is 4.43. The van der Waals surface area contributed by atoms with E-state index in [2.05, 4.69) is 41.4 Å². The van der Waals surface area contributed by atoms with Gasteiger partial charge in [0.15, 0.2) is 5.78 Å². The minimum absolute atomic E-state index is 0.224. The second-order valence-electron chi connectivity index (χ2n) is 5.90. The smallest absolute Gasteiger partial charge is 0.165 e. The van der Waals surface area contributed by atoms with Crippen molar-refractivity contribution in [3.63, 3.8) is 0 Å². The minimum atomic E-state index is 0.224. The zero-order chi connectivity index (χ0) is 15.6. The highest BCUT2D eigenvalue weighted by atomic mass is 16.1. The molecule has 0 spiro atoms. The molecule has 3 aromatic rings. The lowest BCUT2D eigenvalue weighted by Gasteiger charge is -2.17. The number of Topliss-reactive ketones (excluding diaryl/α,β-unsaturated/α-hetero) is 1. The van der Waals surface area contributed by atoms with Crippen LogP contribution in [-0.2, 0) is 6.42 Å². The number of aryl methyl sites for hydroxylation is 1. The summed E-state index contributed by atoms with van der Waals surface area (Å²) in [4.78, 5) is 16.7. The van der Waals surface area contributed by atoms with Gasteiger partial charge in [0.25, 0.3) is 0 Å². The predicted octanol–water partition coefficient (Wildman–Crippen LogP) is 4.93. The van der Waals surface area contributed by atoms with Crippen LogP contribution in [-0.4, -0.2) is 10.8 Å². The number of carbonyl (C=O) groups excluding carboxylic acids is 1. The van der Waals surface area contributed by atoms with E-state index in [4.69, 9.17) is 0 Å². The van der Waals surface area contributed by atoms with Crippen molar-refractivity contribution in [1.82, 2.24) is 4.98 Å². The summed E-state index contributed by atoms with van der Waals surface area (Å²) < 4.78 is 0. The van der Waals surface area contributed by atoms with E-state index in [0.717, 1.165) is 35.2 Å². The Morgan fingerprint density at radius 3 is 2.22 bits per heavy atom.